The first-order chi connectivity index (χ1) is 13.3. The molecule has 0 saturated carbocycles. The van der Waals surface area contributed by atoms with Crippen LogP contribution in [0, 0.1) is 5.92 Å². The standard InChI is InChI=1S/C26H52O/c1-3-5-7-9-11-13-15-18-22-26(24-20-17-21-25-27)23-19-16-14-12-10-8-6-4-2/h25-26H,3-24H2,1-2H3. The molecule has 1 heteroatoms. The zero-order valence-corrected chi connectivity index (χ0v) is 19.1. The van der Waals surface area contributed by atoms with Gasteiger partial charge in [-0.3, -0.25) is 0 Å². The molecule has 0 fully saturated rings. The molecule has 0 rings (SSSR count). The van der Waals surface area contributed by atoms with Gasteiger partial charge in [0.05, 0.1) is 0 Å². The highest BCUT2D eigenvalue weighted by Crippen LogP contribution is 2.24. The smallest absolute Gasteiger partial charge is 0.119 e. The molecule has 0 saturated heterocycles. The molecule has 27 heavy (non-hydrogen) atoms. The second-order valence-corrected chi connectivity index (χ2v) is 8.84. The molecule has 0 N–H and O–H groups in total. The van der Waals surface area contributed by atoms with Crippen LogP contribution in [0.15, 0.2) is 0 Å². The van der Waals surface area contributed by atoms with Crippen LogP contribution in [0.1, 0.15) is 155 Å². The maximum Gasteiger partial charge on any atom is 0.119 e. The molecular formula is C26H52O. The summed E-state index contributed by atoms with van der Waals surface area (Å²) in [5.41, 5.74) is 0. The zero-order chi connectivity index (χ0) is 19.8. The Morgan fingerprint density at radius 2 is 0.815 bits per heavy atom. The molecule has 0 aromatic heterocycles. The predicted octanol–water partition coefficient (Wildman–Crippen LogP) is 9.42. The van der Waals surface area contributed by atoms with Gasteiger partial charge in [-0.05, 0) is 12.3 Å². The molecule has 0 radical (unpaired) electrons. The Bertz CT molecular complexity index is 253. The van der Waals surface area contributed by atoms with Crippen LogP contribution >= 0.6 is 0 Å². The molecule has 0 aliphatic heterocycles. The van der Waals surface area contributed by atoms with Crippen LogP contribution in [0.4, 0.5) is 0 Å². The minimum Gasteiger partial charge on any atom is -0.303 e. The summed E-state index contributed by atoms with van der Waals surface area (Å²) >= 11 is 0. The van der Waals surface area contributed by atoms with Gasteiger partial charge in [0.1, 0.15) is 6.29 Å². The SMILES string of the molecule is CCCCCCCCCCC(CCCCC=O)CCCCCCCCCC. The van der Waals surface area contributed by atoms with Crippen molar-refractivity contribution in [2.45, 2.75) is 155 Å². The summed E-state index contributed by atoms with van der Waals surface area (Å²) in [4.78, 5) is 10.5. The van der Waals surface area contributed by atoms with Crippen molar-refractivity contribution in [3.8, 4) is 0 Å². The highest BCUT2D eigenvalue weighted by atomic mass is 16.1. The molecule has 0 atom stereocenters. The molecule has 0 unspecified atom stereocenters. The number of unbranched alkanes of at least 4 members (excludes halogenated alkanes) is 16. The number of rotatable bonds is 23. The summed E-state index contributed by atoms with van der Waals surface area (Å²) in [6.07, 6.45) is 31.3. The first-order valence-corrected chi connectivity index (χ1v) is 12.8. The number of aldehydes is 1. The third-order valence-electron chi connectivity index (χ3n) is 6.12. The number of hydrogen-bond acceptors (Lipinski definition) is 1. The van der Waals surface area contributed by atoms with Crippen LogP contribution in [0.2, 0.25) is 0 Å². The molecule has 0 amide bonds. The van der Waals surface area contributed by atoms with Crippen molar-refractivity contribution in [3.05, 3.63) is 0 Å². The van der Waals surface area contributed by atoms with Gasteiger partial charge >= 0.3 is 0 Å². The molecule has 0 spiro atoms. The van der Waals surface area contributed by atoms with Gasteiger partial charge in [0.2, 0.25) is 0 Å². The molecule has 162 valence electrons. The van der Waals surface area contributed by atoms with Crippen molar-refractivity contribution in [1.82, 2.24) is 0 Å². The molecule has 0 bridgehead atoms. The van der Waals surface area contributed by atoms with E-state index in [1.807, 2.05) is 0 Å². The Labute approximate surface area is 172 Å². The van der Waals surface area contributed by atoms with Crippen LogP contribution in [0.3, 0.4) is 0 Å². The van der Waals surface area contributed by atoms with E-state index in [2.05, 4.69) is 13.8 Å². The monoisotopic (exact) mass is 380 g/mol. The lowest BCUT2D eigenvalue weighted by Gasteiger charge is -2.17. The van der Waals surface area contributed by atoms with Crippen molar-refractivity contribution in [1.29, 1.82) is 0 Å². The van der Waals surface area contributed by atoms with Gasteiger partial charge in [-0.15, -0.1) is 0 Å². The fraction of sp³-hybridized carbons (Fsp3) is 0.962. The van der Waals surface area contributed by atoms with Crippen molar-refractivity contribution in [2.75, 3.05) is 0 Å². The van der Waals surface area contributed by atoms with Crippen LogP contribution in [-0.2, 0) is 4.79 Å². The average molecular weight is 381 g/mol. The van der Waals surface area contributed by atoms with Gasteiger partial charge < -0.3 is 4.79 Å². The van der Waals surface area contributed by atoms with Crippen molar-refractivity contribution < 1.29 is 4.79 Å². The van der Waals surface area contributed by atoms with E-state index in [9.17, 15) is 4.79 Å². The highest BCUT2D eigenvalue weighted by molar-refractivity contribution is 5.48. The van der Waals surface area contributed by atoms with E-state index in [1.54, 1.807) is 0 Å². The summed E-state index contributed by atoms with van der Waals surface area (Å²) in [6.45, 7) is 4.59. The minimum atomic E-state index is 0.766. The molecule has 0 aliphatic carbocycles. The van der Waals surface area contributed by atoms with E-state index in [0.717, 1.165) is 25.0 Å². The first kappa shape index (κ1) is 26.7. The summed E-state index contributed by atoms with van der Waals surface area (Å²) < 4.78 is 0. The molecule has 0 aromatic rings. The summed E-state index contributed by atoms with van der Waals surface area (Å²) in [7, 11) is 0. The molecule has 0 heterocycles. The number of carbonyl (C=O) groups excluding carboxylic acids is 1. The second-order valence-electron chi connectivity index (χ2n) is 8.84. The topological polar surface area (TPSA) is 17.1 Å². The molecular weight excluding hydrogens is 328 g/mol. The van der Waals surface area contributed by atoms with Gasteiger partial charge in [-0.25, -0.2) is 0 Å². The van der Waals surface area contributed by atoms with E-state index in [4.69, 9.17) is 0 Å². The lowest BCUT2D eigenvalue weighted by atomic mass is 9.89. The number of hydrogen-bond donors (Lipinski definition) is 0. The molecule has 0 aromatic carbocycles. The fourth-order valence-corrected chi connectivity index (χ4v) is 4.23. The lowest BCUT2D eigenvalue weighted by Crippen LogP contribution is -2.01. The highest BCUT2D eigenvalue weighted by Gasteiger charge is 2.08. The van der Waals surface area contributed by atoms with Crippen molar-refractivity contribution in [3.63, 3.8) is 0 Å². The Morgan fingerprint density at radius 3 is 1.19 bits per heavy atom. The van der Waals surface area contributed by atoms with Gasteiger partial charge in [0, 0.05) is 6.42 Å². The van der Waals surface area contributed by atoms with Crippen LogP contribution in [0.5, 0.6) is 0 Å². The van der Waals surface area contributed by atoms with Crippen LogP contribution < -0.4 is 0 Å². The van der Waals surface area contributed by atoms with Crippen molar-refractivity contribution >= 4 is 6.29 Å². The predicted molar refractivity (Wildman–Crippen MR) is 122 cm³/mol. The summed E-state index contributed by atoms with van der Waals surface area (Å²) in [6, 6.07) is 0. The Balaban J connectivity index is 3.72. The van der Waals surface area contributed by atoms with E-state index in [0.29, 0.717) is 0 Å². The number of carbonyl (C=O) groups is 1. The lowest BCUT2D eigenvalue weighted by molar-refractivity contribution is -0.107. The van der Waals surface area contributed by atoms with E-state index >= 15 is 0 Å². The molecule has 1 nitrogen and oxygen atoms in total. The third kappa shape index (κ3) is 21.8. The molecule has 0 aliphatic rings. The first-order valence-electron chi connectivity index (χ1n) is 12.8. The quantitative estimate of drug-likeness (QED) is 0.127. The second kappa shape index (κ2) is 23.7. The van der Waals surface area contributed by atoms with Gasteiger partial charge in [0.25, 0.3) is 0 Å². The van der Waals surface area contributed by atoms with Crippen LogP contribution in [0.25, 0.3) is 0 Å². The maximum atomic E-state index is 10.5. The average Bonchev–Trinajstić information content (AvgIpc) is 2.68. The van der Waals surface area contributed by atoms with Gasteiger partial charge in [-0.2, -0.15) is 0 Å². The van der Waals surface area contributed by atoms with Crippen molar-refractivity contribution in [2.24, 2.45) is 5.92 Å². The Kier molecular flexibility index (Phi) is 23.4. The van der Waals surface area contributed by atoms with Gasteiger partial charge in [0.15, 0.2) is 0 Å². The van der Waals surface area contributed by atoms with E-state index < -0.39 is 0 Å². The summed E-state index contributed by atoms with van der Waals surface area (Å²) in [5, 5.41) is 0. The van der Waals surface area contributed by atoms with Crippen LogP contribution in [-0.4, -0.2) is 6.29 Å². The largest absolute Gasteiger partial charge is 0.303 e. The van der Waals surface area contributed by atoms with E-state index in [-0.39, 0.29) is 0 Å². The van der Waals surface area contributed by atoms with Gasteiger partial charge in [-0.1, -0.05) is 142 Å². The fourth-order valence-electron chi connectivity index (χ4n) is 4.23. The maximum absolute atomic E-state index is 10.5. The summed E-state index contributed by atoms with van der Waals surface area (Å²) in [5.74, 6) is 0.928. The van der Waals surface area contributed by atoms with E-state index in [1.165, 1.54) is 128 Å². The Hall–Kier alpha value is -0.330. The normalized spacial score (nSPS) is 11.4. The minimum absolute atomic E-state index is 0.766. The Morgan fingerprint density at radius 1 is 0.481 bits per heavy atom. The third-order valence-corrected chi connectivity index (χ3v) is 6.12. The zero-order valence-electron chi connectivity index (χ0n) is 19.1.